The third-order valence-electron chi connectivity index (χ3n) is 4.44. The zero-order valence-electron chi connectivity index (χ0n) is 12.5. The smallest absolute Gasteiger partial charge is 0.0443 e. The van der Waals surface area contributed by atoms with Crippen LogP contribution in [0.2, 0.25) is 0 Å². The van der Waals surface area contributed by atoms with E-state index in [9.17, 15) is 0 Å². The van der Waals surface area contributed by atoms with Crippen LogP contribution in [0.3, 0.4) is 0 Å². The summed E-state index contributed by atoms with van der Waals surface area (Å²) in [6.45, 7) is 7.36. The highest BCUT2D eigenvalue weighted by Gasteiger charge is 2.24. The van der Waals surface area contributed by atoms with Gasteiger partial charge in [-0.15, -0.1) is 0 Å². The molecule has 0 aromatic heterocycles. The second-order valence-corrected chi connectivity index (χ2v) is 6.00. The first-order chi connectivity index (χ1) is 8.79. The van der Waals surface area contributed by atoms with Gasteiger partial charge >= 0.3 is 0 Å². The molecule has 1 rings (SSSR count). The summed E-state index contributed by atoms with van der Waals surface area (Å²) in [7, 11) is 0. The number of hydrogen-bond acceptors (Lipinski definition) is 2. The number of nitrogens with zero attached hydrogens (tertiary/aromatic N) is 1. The highest BCUT2D eigenvalue weighted by Crippen LogP contribution is 2.26. The number of unbranched alkanes of at least 4 members (excludes halogenated alkanes) is 1. The van der Waals surface area contributed by atoms with Crippen molar-refractivity contribution in [1.82, 2.24) is 4.90 Å². The lowest BCUT2D eigenvalue weighted by Gasteiger charge is -2.37. The van der Waals surface area contributed by atoms with E-state index in [0.717, 1.165) is 24.9 Å². The maximum absolute atomic E-state index is 9.08. The fraction of sp³-hybridized carbons (Fsp3) is 1.00. The average molecular weight is 255 g/mol. The summed E-state index contributed by atoms with van der Waals surface area (Å²) in [5, 5.41) is 9.08. The minimum Gasteiger partial charge on any atom is -0.396 e. The van der Waals surface area contributed by atoms with Crippen LogP contribution in [0.1, 0.15) is 71.6 Å². The van der Waals surface area contributed by atoms with E-state index >= 15 is 0 Å². The fourth-order valence-corrected chi connectivity index (χ4v) is 3.27. The molecule has 0 radical (unpaired) electrons. The van der Waals surface area contributed by atoms with Crippen molar-refractivity contribution in [3.63, 3.8) is 0 Å². The lowest BCUT2D eigenvalue weighted by Crippen LogP contribution is -2.41. The molecule has 2 heteroatoms. The van der Waals surface area contributed by atoms with Gasteiger partial charge in [-0.05, 0) is 38.1 Å². The summed E-state index contributed by atoms with van der Waals surface area (Å²) >= 11 is 0. The summed E-state index contributed by atoms with van der Waals surface area (Å²) in [5.41, 5.74) is 0. The molecule has 0 amide bonds. The van der Waals surface area contributed by atoms with Gasteiger partial charge in [-0.1, -0.05) is 46.0 Å². The number of rotatable bonds is 7. The minimum absolute atomic E-state index is 0.337. The Labute approximate surface area is 114 Å². The topological polar surface area (TPSA) is 23.5 Å². The Morgan fingerprint density at radius 2 is 1.67 bits per heavy atom. The summed E-state index contributed by atoms with van der Waals surface area (Å²) in [6, 6.07) is 0.767. The first-order valence-electron chi connectivity index (χ1n) is 8.14. The molecule has 2 nitrogen and oxygen atoms in total. The minimum atomic E-state index is 0.337. The molecule has 0 saturated heterocycles. The lowest BCUT2D eigenvalue weighted by molar-refractivity contribution is 0.112. The van der Waals surface area contributed by atoms with Crippen LogP contribution in [0.5, 0.6) is 0 Å². The maximum Gasteiger partial charge on any atom is 0.0443 e. The van der Waals surface area contributed by atoms with Gasteiger partial charge in [-0.3, -0.25) is 0 Å². The Morgan fingerprint density at radius 3 is 2.33 bits per heavy atom. The monoisotopic (exact) mass is 255 g/mol. The van der Waals surface area contributed by atoms with E-state index < -0.39 is 0 Å². The summed E-state index contributed by atoms with van der Waals surface area (Å²) < 4.78 is 0. The molecular formula is C16H33NO. The average Bonchev–Trinajstić information content (AvgIpc) is 2.36. The van der Waals surface area contributed by atoms with Crippen LogP contribution in [0.15, 0.2) is 0 Å². The van der Waals surface area contributed by atoms with Crippen LogP contribution < -0.4 is 0 Å². The van der Waals surface area contributed by atoms with Crippen molar-refractivity contribution in [2.24, 2.45) is 5.92 Å². The summed E-state index contributed by atoms with van der Waals surface area (Å²) in [6.07, 6.45) is 11.9. The maximum atomic E-state index is 9.08. The van der Waals surface area contributed by atoms with E-state index in [2.05, 4.69) is 18.7 Å². The Hall–Kier alpha value is -0.0800. The molecule has 0 spiro atoms. The predicted molar refractivity (Wildman–Crippen MR) is 78.8 cm³/mol. The molecule has 0 aromatic carbocycles. The van der Waals surface area contributed by atoms with Crippen molar-refractivity contribution in [3.8, 4) is 0 Å². The van der Waals surface area contributed by atoms with Crippen LogP contribution in [0, 0.1) is 5.92 Å². The van der Waals surface area contributed by atoms with E-state index in [0.29, 0.717) is 6.61 Å². The Morgan fingerprint density at radius 1 is 1.00 bits per heavy atom. The third-order valence-corrected chi connectivity index (χ3v) is 4.44. The molecule has 1 saturated carbocycles. The van der Waals surface area contributed by atoms with Crippen molar-refractivity contribution >= 4 is 0 Å². The van der Waals surface area contributed by atoms with E-state index in [1.165, 1.54) is 57.9 Å². The van der Waals surface area contributed by atoms with E-state index in [4.69, 9.17) is 5.11 Å². The molecule has 0 heterocycles. The van der Waals surface area contributed by atoms with Gasteiger partial charge in [-0.25, -0.2) is 0 Å². The van der Waals surface area contributed by atoms with Crippen LogP contribution in [0.4, 0.5) is 0 Å². The first kappa shape index (κ1) is 16.0. The van der Waals surface area contributed by atoms with Gasteiger partial charge in [0.25, 0.3) is 0 Å². The zero-order valence-corrected chi connectivity index (χ0v) is 12.5. The van der Waals surface area contributed by atoms with Crippen LogP contribution >= 0.6 is 0 Å². The fourth-order valence-electron chi connectivity index (χ4n) is 3.27. The third kappa shape index (κ3) is 5.71. The normalized spacial score (nSPS) is 26.0. The van der Waals surface area contributed by atoms with Crippen molar-refractivity contribution < 1.29 is 5.11 Å². The molecule has 1 fully saturated rings. The van der Waals surface area contributed by atoms with Gasteiger partial charge in [0.05, 0.1) is 0 Å². The van der Waals surface area contributed by atoms with Gasteiger partial charge in [0.15, 0.2) is 0 Å². The van der Waals surface area contributed by atoms with Gasteiger partial charge in [-0.2, -0.15) is 0 Å². The zero-order chi connectivity index (χ0) is 13.2. The molecule has 0 bridgehead atoms. The first-order valence-corrected chi connectivity index (χ1v) is 8.14. The van der Waals surface area contributed by atoms with Gasteiger partial charge in [0.1, 0.15) is 0 Å². The van der Waals surface area contributed by atoms with Crippen LogP contribution in [-0.4, -0.2) is 35.7 Å². The highest BCUT2D eigenvalue weighted by atomic mass is 16.3. The molecule has 0 aliphatic heterocycles. The molecule has 18 heavy (non-hydrogen) atoms. The second kappa shape index (κ2) is 9.80. The van der Waals surface area contributed by atoms with Crippen molar-refractivity contribution in [2.45, 2.75) is 77.7 Å². The molecule has 2 unspecified atom stereocenters. The van der Waals surface area contributed by atoms with Gasteiger partial charge < -0.3 is 10.0 Å². The lowest BCUT2D eigenvalue weighted by atomic mass is 9.87. The van der Waals surface area contributed by atoms with Gasteiger partial charge in [0.2, 0.25) is 0 Å². The molecule has 0 aromatic rings. The molecule has 2 atom stereocenters. The SMILES string of the molecule is CCCCN(CCCO)C1CCCCCCC1C. The molecule has 1 N–H and O–H groups in total. The van der Waals surface area contributed by atoms with Crippen molar-refractivity contribution in [2.75, 3.05) is 19.7 Å². The Kier molecular flexibility index (Phi) is 8.70. The van der Waals surface area contributed by atoms with Gasteiger partial charge in [0, 0.05) is 19.2 Å². The van der Waals surface area contributed by atoms with Crippen molar-refractivity contribution in [3.05, 3.63) is 0 Å². The largest absolute Gasteiger partial charge is 0.396 e. The van der Waals surface area contributed by atoms with E-state index in [-0.39, 0.29) is 0 Å². The summed E-state index contributed by atoms with van der Waals surface area (Å²) in [5.74, 6) is 0.834. The predicted octanol–water partition coefficient (Wildman–Crippen LogP) is 3.83. The molecule has 108 valence electrons. The quantitative estimate of drug-likeness (QED) is 0.747. The summed E-state index contributed by atoms with van der Waals surface area (Å²) in [4.78, 5) is 2.68. The Balaban J connectivity index is 2.53. The standard InChI is InChI=1S/C16H33NO/c1-3-4-12-17(13-9-14-18)16-11-8-6-5-7-10-15(16)2/h15-16,18H,3-14H2,1-2H3. The number of aliphatic hydroxyl groups excluding tert-OH is 1. The van der Waals surface area contributed by atoms with Crippen LogP contribution in [-0.2, 0) is 0 Å². The Bertz CT molecular complexity index is 188. The second-order valence-electron chi connectivity index (χ2n) is 6.00. The number of aliphatic hydroxyl groups is 1. The van der Waals surface area contributed by atoms with E-state index in [1.807, 2.05) is 0 Å². The molecule has 1 aliphatic rings. The molecular weight excluding hydrogens is 222 g/mol. The van der Waals surface area contributed by atoms with Crippen LogP contribution in [0.25, 0.3) is 0 Å². The van der Waals surface area contributed by atoms with E-state index in [1.54, 1.807) is 0 Å². The van der Waals surface area contributed by atoms with Crippen molar-refractivity contribution in [1.29, 1.82) is 0 Å². The molecule has 1 aliphatic carbocycles. The number of hydrogen-bond donors (Lipinski definition) is 1. The highest BCUT2D eigenvalue weighted by molar-refractivity contribution is 4.79.